The van der Waals surface area contributed by atoms with Crippen LogP contribution in [0, 0.1) is 22.7 Å². The van der Waals surface area contributed by atoms with Crippen molar-refractivity contribution in [1.82, 2.24) is 0 Å². The fourth-order valence-electron chi connectivity index (χ4n) is 6.08. The van der Waals surface area contributed by atoms with Crippen molar-refractivity contribution in [2.24, 2.45) is 22.7 Å². The van der Waals surface area contributed by atoms with Crippen LogP contribution in [-0.2, 0) is 28.6 Å². The number of carbonyl (C=O) groups excluding carboxylic acids is 3. The van der Waals surface area contributed by atoms with Crippen LogP contribution in [0.4, 0.5) is 0 Å². The molecular weight excluding hydrogens is 372 g/mol. The third kappa shape index (κ3) is 3.86. The van der Waals surface area contributed by atoms with E-state index in [2.05, 4.69) is 6.58 Å². The zero-order valence-electron chi connectivity index (χ0n) is 17.8. The first-order chi connectivity index (χ1) is 13.7. The number of methoxy groups -OCH3 is 1. The molecule has 0 saturated heterocycles. The van der Waals surface area contributed by atoms with Crippen molar-refractivity contribution in [1.29, 1.82) is 0 Å². The van der Waals surface area contributed by atoms with Crippen LogP contribution in [0.25, 0.3) is 0 Å². The lowest BCUT2D eigenvalue weighted by atomic mass is 9.46. The molecule has 6 nitrogen and oxygen atoms in total. The van der Waals surface area contributed by atoms with Gasteiger partial charge < -0.3 is 14.2 Å². The number of esters is 3. The minimum Gasteiger partial charge on any atom is -0.469 e. The number of fused-ring (bicyclic) bond motifs is 1. The van der Waals surface area contributed by atoms with Gasteiger partial charge in [0.25, 0.3) is 0 Å². The highest BCUT2D eigenvalue weighted by molar-refractivity contribution is 5.90. The maximum absolute atomic E-state index is 12.8. The molecule has 0 aromatic rings. The summed E-state index contributed by atoms with van der Waals surface area (Å²) in [5, 5.41) is 0. The Kier molecular flexibility index (Phi) is 6.20. The zero-order valence-corrected chi connectivity index (χ0v) is 17.8. The minimum absolute atomic E-state index is 0.0376. The molecule has 2 aliphatic carbocycles. The Morgan fingerprint density at radius 1 is 1.34 bits per heavy atom. The molecular formula is C23H32O6. The van der Waals surface area contributed by atoms with Gasteiger partial charge in [-0.15, -0.1) is 0 Å². The second-order valence-electron chi connectivity index (χ2n) is 8.94. The summed E-state index contributed by atoms with van der Waals surface area (Å²) < 4.78 is 15.8. The molecule has 1 aliphatic heterocycles. The lowest BCUT2D eigenvalue weighted by molar-refractivity contribution is -0.178. The number of hydrogen-bond donors (Lipinski definition) is 0. The van der Waals surface area contributed by atoms with E-state index in [-0.39, 0.29) is 41.8 Å². The molecule has 4 atom stereocenters. The first kappa shape index (κ1) is 21.6. The molecule has 0 aromatic heterocycles. The Labute approximate surface area is 172 Å². The molecule has 0 aromatic carbocycles. The van der Waals surface area contributed by atoms with Crippen molar-refractivity contribution in [3.05, 3.63) is 23.8 Å². The largest absolute Gasteiger partial charge is 0.469 e. The molecule has 3 rings (SSSR count). The van der Waals surface area contributed by atoms with Crippen molar-refractivity contribution in [2.45, 2.75) is 58.8 Å². The van der Waals surface area contributed by atoms with Crippen LogP contribution < -0.4 is 0 Å². The fourth-order valence-corrected chi connectivity index (χ4v) is 6.08. The van der Waals surface area contributed by atoms with Gasteiger partial charge in [0.1, 0.15) is 6.61 Å². The van der Waals surface area contributed by atoms with Crippen molar-refractivity contribution in [2.75, 3.05) is 20.3 Å². The summed E-state index contributed by atoms with van der Waals surface area (Å²) in [5.74, 6) is -0.655. The molecule has 4 unspecified atom stereocenters. The molecule has 2 fully saturated rings. The second-order valence-corrected chi connectivity index (χ2v) is 8.94. The third-order valence-electron chi connectivity index (χ3n) is 7.45. The highest BCUT2D eigenvalue weighted by Crippen LogP contribution is 2.62. The Balaban J connectivity index is 1.95. The molecule has 0 radical (unpaired) electrons. The lowest BCUT2D eigenvalue weighted by Crippen LogP contribution is -2.57. The van der Waals surface area contributed by atoms with Crippen LogP contribution in [0.3, 0.4) is 0 Å². The molecule has 2 saturated carbocycles. The van der Waals surface area contributed by atoms with Gasteiger partial charge in [0, 0.05) is 17.9 Å². The Morgan fingerprint density at radius 2 is 2.10 bits per heavy atom. The van der Waals surface area contributed by atoms with Crippen LogP contribution in [0.5, 0.6) is 0 Å². The smallest absolute Gasteiger partial charge is 0.334 e. The van der Waals surface area contributed by atoms with Gasteiger partial charge in [-0.3, -0.25) is 9.59 Å². The number of allylic oxidation sites excluding steroid dienone is 1. The maximum Gasteiger partial charge on any atom is 0.334 e. The standard InChI is InChI=1S/C23H32O6/c1-15-6-9-19-22(3,21(26)27-4)11-5-12-23(19,14-29-16(2)24)18(15)8-7-17-10-13-28-20(17)25/h10,18-19H,1,5-9,11-14H2,2-4H3. The molecule has 3 aliphatic rings. The van der Waals surface area contributed by atoms with Crippen molar-refractivity contribution >= 4 is 17.9 Å². The molecule has 160 valence electrons. The first-order valence-electron chi connectivity index (χ1n) is 10.5. The number of rotatable bonds is 6. The van der Waals surface area contributed by atoms with E-state index in [0.717, 1.165) is 44.1 Å². The van der Waals surface area contributed by atoms with E-state index < -0.39 is 5.41 Å². The van der Waals surface area contributed by atoms with Crippen LogP contribution in [0.15, 0.2) is 23.8 Å². The predicted octanol–water partition coefficient (Wildman–Crippen LogP) is 3.74. The van der Waals surface area contributed by atoms with Gasteiger partial charge in [-0.05, 0) is 63.4 Å². The van der Waals surface area contributed by atoms with Gasteiger partial charge in [0.2, 0.25) is 0 Å². The maximum atomic E-state index is 12.8. The highest BCUT2D eigenvalue weighted by Gasteiger charge is 2.60. The summed E-state index contributed by atoms with van der Waals surface area (Å²) in [6.45, 7) is 8.36. The summed E-state index contributed by atoms with van der Waals surface area (Å²) in [4.78, 5) is 36.4. The Bertz CT molecular complexity index is 738. The normalized spacial score (nSPS) is 34.1. The fraction of sp³-hybridized carbons (Fsp3) is 0.696. The number of carbonyl (C=O) groups is 3. The first-order valence-corrected chi connectivity index (χ1v) is 10.5. The van der Waals surface area contributed by atoms with Gasteiger partial charge in [0.05, 0.1) is 19.1 Å². The predicted molar refractivity (Wildman–Crippen MR) is 107 cm³/mol. The topological polar surface area (TPSA) is 78.9 Å². The van der Waals surface area contributed by atoms with Crippen molar-refractivity contribution in [3.63, 3.8) is 0 Å². The van der Waals surface area contributed by atoms with Crippen LogP contribution >= 0.6 is 0 Å². The third-order valence-corrected chi connectivity index (χ3v) is 7.45. The van der Waals surface area contributed by atoms with Crippen LogP contribution in [-0.4, -0.2) is 38.2 Å². The molecule has 0 spiro atoms. The summed E-state index contributed by atoms with van der Waals surface area (Å²) in [5.41, 5.74) is 0.840. The second kappa shape index (κ2) is 8.33. The molecule has 0 bridgehead atoms. The Hall–Kier alpha value is -2.11. The van der Waals surface area contributed by atoms with E-state index in [9.17, 15) is 14.4 Å². The number of ether oxygens (including phenoxy) is 3. The molecule has 6 heteroatoms. The van der Waals surface area contributed by atoms with Crippen LogP contribution in [0.2, 0.25) is 0 Å². The van der Waals surface area contributed by atoms with Gasteiger partial charge in [-0.1, -0.05) is 18.6 Å². The van der Waals surface area contributed by atoms with E-state index in [1.165, 1.54) is 14.0 Å². The number of cyclic esters (lactones) is 1. The van der Waals surface area contributed by atoms with Gasteiger partial charge in [-0.25, -0.2) is 4.79 Å². The van der Waals surface area contributed by atoms with Crippen molar-refractivity contribution in [3.8, 4) is 0 Å². The highest BCUT2D eigenvalue weighted by atomic mass is 16.5. The van der Waals surface area contributed by atoms with Crippen LogP contribution in [0.1, 0.15) is 58.8 Å². The quantitative estimate of drug-likeness (QED) is 0.381. The van der Waals surface area contributed by atoms with E-state index in [4.69, 9.17) is 14.2 Å². The van der Waals surface area contributed by atoms with Gasteiger partial charge >= 0.3 is 17.9 Å². The number of hydrogen-bond acceptors (Lipinski definition) is 6. The summed E-state index contributed by atoms with van der Waals surface area (Å²) in [7, 11) is 1.44. The average Bonchev–Trinajstić information content (AvgIpc) is 3.10. The average molecular weight is 405 g/mol. The SMILES string of the molecule is C=C1CCC2C(C)(C(=O)OC)CCCC2(COC(C)=O)C1CCC1=CCOC1=O. The lowest BCUT2D eigenvalue weighted by Gasteiger charge is -2.58. The van der Waals surface area contributed by atoms with Gasteiger partial charge in [0.15, 0.2) is 0 Å². The molecule has 0 N–H and O–H groups in total. The summed E-state index contributed by atoms with van der Waals surface area (Å²) >= 11 is 0. The monoisotopic (exact) mass is 404 g/mol. The van der Waals surface area contributed by atoms with E-state index in [1.54, 1.807) is 0 Å². The van der Waals surface area contributed by atoms with Gasteiger partial charge in [-0.2, -0.15) is 0 Å². The zero-order chi connectivity index (χ0) is 21.2. The molecule has 0 amide bonds. The van der Waals surface area contributed by atoms with E-state index in [0.29, 0.717) is 18.6 Å². The Morgan fingerprint density at radius 3 is 2.72 bits per heavy atom. The van der Waals surface area contributed by atoms with Crippen molar-refractivity contribution < 1.29 is 28.6 Å². The minimum atomic E-state index is -0.613. The van der Waals surface area contributed by atoms with E-state index in [1.807, 2.05) is 13.0 Å². The van der Waals surface area contributed by atoms with E-state index >= 15 is 0 Å². The molecule has 1 heterocycles. The molecule has 29 heavy (non-hydrogen) atoms. The summed E-state index contributed by atoms with van der Waals surface area (Å²) in [6, 6.07) is 0. The summed E-state index contributed by atoms with van der Waals surface area (Å²) in [6.07, 6.45) is 7.32.